The van der Waals surface area contributed by atoms with E-state index in [9.17, 15) is 10.2 Å². The molecule has 0 radical (unpaired) electrons. The number of aliphatic hydroxyl groups is 2. The summed E-state index contributed by atoms with van der Waals surface area (Å²) in [5, 5.41) is 26.5. The van der Waals surface area contributed by atoms with Crippen LogP contribution in [-0.2, 0) is 18.9 Å². The van der Waals surface area contributed by atoms with Gasteiger partial charge in [-0.2, -0.15) is 0 Å². The summed E-state index contributed by atoms with van der Waals surface area (Å²) in [7, 11) is 3.34. The van der Waals surface area contributed by atoms with E-state index in [-0.39, 0.29) is 43.4 Å². The fourth-order valence-corrected chi connectivity index (χ4v) is 4.77. The lowest BCUT2D eigenvalue weighted by Gasteiger charge is -2.34. The third-order valence-electron chi connectivity index (χ3n) is 6.76. The summed E-state index contributed by atoms with van der Waals surface area (Å²) >= 11 is 0. The number of ether oxygens (including phenoxy) is 4. The van der Waals surface area contributed by atoms with E-state index in [1.807, 2.05) is 6.92 Å². The zero-order chi connectivity index (χ0) is 23.5. The van der Waals surface area contributed by atoms with Gasteiger partial charge in [0, 0.05) is 20.6 Å². The van der Waals surface area contributed by atoms with Gasteiger partial charge >= 0.3 is 0 Å². The second-order valence-electron chi connectivity index (χ2n) is 9.85. The molecule has 7 unspecified atom stereocenters. The van der Waals surface area contributed by atoms with E-state index in [1.54, 1.807) is 14.2 Å². The molecule has 8 heteroatoms. The van der Waals surface area contributed by atoms with Crippen molar-refractivity contribution in [1.29, 1.82) is 0 Å². The number of nitrogens with one attached hydrogen (secondary N) is 2. The second kappa shape index (κ2) is 14.8. The normalized spacial score (nSPS) is 26.6. The van der Waals surface area contributed by atoms with Crippen LogP contribution in [0.3, 0.4) is 0 Å². The Morgan fingerprint density at radius 1 is 1.09 bits per heavy atom. The smallest absolute Gasteiger partial charge is 0.135 e. The Labute approximate surface area is 194 Å². The summed E-state index contributed by atoms with van der Waals surface area (Å²) in [6.45, 7) is 7.24. The number of methoxy groups -OCH3 is 2. The van der Waals surface area contributed by atoms with E-state index in [0.29, 0.717) is 18.9 Å². The van der Waals surface area contributed by atoms with Crippen molar-refractivity contribution in [3.8, 4) is 0 Å². The zero-order valence-corrected chi connectivity index (χ0v) is 20.8. The Morgan fingerprint density at radius 3 is 2.38 bits per heavy atom. The topological polar surface area (TPSA) is 105 Å². The monoisotopic (exact) mass is 460 g/mol. The molecule has 8 nitrogen and oxygen atoms in total. The first-order chi connectivity index (χ1) is 15.4. The van der Waals surface area contributed by atoms with Crippen molar-refractivity contribution in [2.24, 2.45) is 11.8 Å². The summed E-state index contributed by atoms with van der Waals surface area (Å²) in [6, 6.07) is -0.183. The van der Waals surface area contributed by atoms with Crippen LogP contribution in [0.4, 0.5) is 0 Å². The lowest BCUT2D eigenvalue weighted by molar-refractivity contribution is -0.120. The van der Waals surface area contributed by atoms with Gasteiger partial charge in [-0.3, -0.25) is 10.6 Å². The first-order valence-corrected chi connectivity index (χ1v) is 12.5. The summed E-state index contributed by atoms with van der Waals surface area (Å²) in [5.41, 5.74) is 0. The highest BCUT2D eigenvalue weighted by atomic mass is 16.6. The van der Waals surface area contributed by atoms with Crippen LogP contribution < -0.4 is 10.6 Å². The van der Waals surface area contributed by atoms with Crippen molar-refractivity contribution in [3.63, 3.8) is 0 Å². The van der Waals surface area contributed by atoms with E-state index in [1.165, 1.54) is 32.1 Å². The molecule has 0 bridgehead atoms. The van der Waals surface area contributed by atoms with Crippen molar-refractivity contribution in [3.05, 3.63) is 0 Å². The SMILES string of the molecule is COCC(NC1OC1C(C)C)C(CC(O)CO)OC(C)C(NCCC1CCCCC1)OC. The van der Waals surface area contributed by atoms with Gasteiger partial charge in [-0.15, -0.1) is 0 Å². The van der Waals surface area contributed by atoms with Gasteiger partial charge < -0.3 is 29.2 Å². The van der Waals surface area contributed by atoms with E-state index >= 15 is 0 Å². The van der Waals surface area contributed by atoms with Gasteiger partial charge in [-0.25, -0.2) is 0 Å². The third-order valence-corrected chi connectivity index (χ3v) is 6.76. The van der Waals surface area contributed by atoms with Gasteiger partial charge in [0.1, 0.15) is 18.6 Å². The molecule has 0 aromatic heterocycles. The standard InChI is InChI=1S/C24H48N2O6/c1-16(2)22-24(32-22)26-20(15-29-4)21(13-19(28)14-27)31-17(3)23(30-5)25-12-11-18-9-7-6-8-10-18/h16-28H,6-15H2,1-5H3. The predicted octanol–water partition coefficient (Wildman–Crippen LogP) is 2.02. The van der Waals surface area contributed by atoms with Crippen molar-refractivity contribution in [2.75, 3.05) is 34.0 Å². The highest BCUT2D eigenvalue weighted by Crippen LogP contribution is 2.28. The largest absolute Gasteiger partial charge is 0.394 e. The van der Waals surface area contributed by atoms with Crippen LogP contribution in [0.15, 0.2) is 0 Å². The highest BCUT2D eigenvalue weighted by molar-refractivity contribution is 4.91. The fraction of sp³-hybridized carbons (Fsp3) is 1.00. The molecule has 2 fully saturated rings. The summed E-state index contributed by atoms with van der Waals surface area (Å²) in [5.74, 6) is 1.23. The van der Waals surface area contributed by atoms with E-state index < -0.39 is 6.10 Å². The van der Waals surface area contributed by atoms with Crippen LogP contribution in [0.1, 0.15) is 65.7 Å². The number of epoxide rings is 1. The van der Waals surface area contributed by atoms with Crippen LogP contribution in [0.5, 0.6) is 0 Å². The molecule has 7 atom stereocenters. The van der Waals surface area contributed by atoms with Crippen molar-refractivity contribution < 1.29 is 29.2 Å². The molecule has 4 N–H and O–H groups in total. The Morgan fingerprint density at radius 2 is 1.81 bits per heavy atom. The minimum Gasteiger partial charge on any atom is -0.394 e. The number of rotatable bonds is 17. The number of aliphatic hydroxyl groups excluding tert-OH is 2. The molecule has 2 aliphatic rings. The summed E-state index contributed by atoms with van der Waals surface area (Å²) in [6.07, 6.45) is 6.57. The quantitative estimate of drug-likeness (QED) is 0.193. The van der Waals surface area contributed by atoms with E-state index in [2.05, 4.69) is 24.5 Å². The Bertz CT molecular complexity index is 491. The molecule has 1 aliphatic heterocycles. The van der Waals surface area contributed by atoms with Gasteiger partial charge in [0.25, 0.3) is 0 Å². The fourth-order valence-electron chi connectivity index (χ4n) is 4.77. The van der Waals surface area contributed by atoms with Crippen molar-refractivity contribution in [1.82, 2.24) is 10.6 Å². The Kier molecular flexibility index (Phi) is 12.9. The third kappa shape index (κ3) is 9.50. The Hall–Kier alpha value is -0.320. The minimum atomic E-state index is -0.866. The van der Waals surface area contributed by atoms with Gasteiger partial charge in [0.05, 0.1) is 37.6 Å². The molecular formula is C24H48N2O6. The first kappa shape index (κ1) is 27.9. The lowest BCUT2D eigenvalue weighted by atomic mass is 9.87. The van der Waals surface area contributed by atoms with Crippen LogP contribution in [0.2, 0.25) is 0 Å². The second-order valence-corrected chi connectivity index (χ2v) is 9.85. The van der Waals surface area contributed by atoms with Crippen molar-refractivity contribution in [2.45, 2.75) is 109 Å². The lowest BCUT2D eigenvalue weighted by Crippen LogP contribution is -2.52. The van der Waals surface area contributed by atoms with Gasteiger partial charge in [-0.1, -0.05) is 46.0 Å². The maximum absolute atomic E-state index is 10.2. The molecule has 0 aromatic rings. The minimum absolute atomic E-state index is 0.0466. The number of hydrogen-bond donors (Lipinski definition) is 4. The maximum Gasteiger partial charge on any atom is 0.135 e. The molecule has 32 heavy (non-hydrogen) atoms. The van der Waals surface area contributed by atoms with E-state index in [0.717, 1.165) is 18.9 Å². The molecule has 0 amide bonds. The average molecular weight is 461 g/mol. The van der Waals surface area contributed by atoms with Crippen LogP contribution in [-0.4, -0.2) is 87.1 Å². The van der Waals surface area contributed by atoms with Crippen LogP contribution >= 0.6 is 0 Å². The Balaban J connectivity index is 1.92. The van der Waals surface area contributed by atoms with E-state index in [4.69, 9.17) is 18.9 Å². The molecule has 2 rings (SSSR count). The average Bonchev–Trinajstić information content (AvgIpc) is 3.56. The molecule has 1 heterocycles. The van der Waals surface area contributed by atoms with Gasteiger partial charge in [-0.05, 0) is 31.7 Å². The van der Waals surface area contributed by atoms with Gasteiger partial charge in [0.15, 0.2) is 0 Å². The molecule has 0 aromatic carbocycles. The molecule has 190 valence electrons. The molecule has 1 saturated carbocycles. The highest BCUT2D eigenvalue weighted by Gasteiger charge is 2.44. The zero-order valence-electron chi connectivity index (χ0n) is 20.8. The molecular weight excluding hydrogens is 412 g/mol. The van der Waals surface area contributed by atoms with Crippen LogP contribution in [0.25, 0.3) is 0 Å². The predicted molar refractivity (Wildman–Crippen MR) is 124 cm³/mol. The maximum atomic E-state index is 10.2. The molecule has 0 spiro atoms. The molecule has 1 saturated heterocycles. The van der Waals surface area contributed by atoms with Crippen molar-refractivity contribution >= 4 is 0 Å². The number of hydrogen-bond acceptors (Lipinski definition) is 8. The first-order valence-electron chi connectivity index (χ1n) is 12.5. The van der Waals surface area contributed by atoms with Crippen LogP contribution in [0, 0.1) is 11.8 Å². The molecule has 1 aliphatic carbocycles. The van der Waals surface area contributed by atoms with Gasteiger partial charge in [0.2, 0.25) is 0 Å². The summed E-state index contributed by atoms with van der Waals surface area (Å²) in [4.78, 5) is 0. The summed E-state index contributed by atoms with van der Waals surface area (Å²) < 4.78 is 23.3.